The molecule has 2 unspecified atom stereocenters. The van der Waals surface area contributed by atoms with Crippen LogP contribution in [0, 0.1) is 0 Å². The van der Waals surface area contributed by atoms with Crippen LogP contribution in [0.3, 0.4) is 0 Å². The number of carbonyl (C=O) groups is 1. The number of halogens is 2. The standard InChI is InChI=1S/C29H46F2N2O5S/c1-26(2,3)38-25(35)33-18-16-29(30,31)28(17-19-34,32-39(36)27(4,5)6)24(33)20-37-23-14-12-22(13-15-23)21-10-8-7-9-11-21/h7-11,22-24,32,34H,12-20H2,1-6H3/t22?,23?,24?,28?,39-/m0/s1. The summed E-state index contributed by atoms with van der Waals surface area (Å²) in [5.41, 5.74) is -1.72. The Kier molecular flexibility index (Phi) is 10.4. The summed E-state index contributed by atoms with van der Waals surface area (Å²) in [6.07, 6.45) is 1.42. The van der Waals surface area contributed by atoms with E-state index >= 15 is 8.78 Å². The van der Waals surface area contributed by atoms with Gasteiger partial charge in [0, 0.05) is 37.4 Å². The van der Waals surface area contributed by atoms with Gasteiger partial charge in [0.2, 0.25) is 0 Å². The van der Waals surface area contributed by atoms with Crippen LogP contribution >= 0.6 is 0 Å². The quantitative estimate of drug-likeness (QED) is 0.397. The Morgan fingerprint density at radius 3 is 2.28 bits per heavy atom. The van der Waals surface area contributed by atoms with Crippen molar-refractivity contribution < 1.29 is 32.7 Å². The third-order valence-electron chi connectivity index (χ3n) is 7.66. The predicted octanol–water partition coefficient (Wildman–Crippen LogP) is 5.55. The highest BCUT2D eigenvalue weighted by Crippen LogP contribution is 2.45. The Balaban J connectivity index is 1.87. The van der Waals surface area contributed by atoms with Gasteiger partial charge in [-0.3, -0.25) is 0 Å². The number of nitrogens with zero attached hydrogens (tertiary/aromatic N) is 1. The molecule has 39 heavy (non-hydrogen) atoms. The van der Waals surface area contributed by atoms with Gasteiger partial charge in [-0.05, 0) is 78.7 Å². The maximum absolute atomic E-state index is 15.9. The number of rotatable bonds is 8. The van der Waals surface area contributed by atoms with Crippen molar-refractivity contribution in [3.05, 3.63) is 35.9 Å². The Labute approximate surface area is 235 Å². The van der Waals surface area contributed by atoms with Crippen LogP contribution in [0.25, 0.3) is 0 Å². The average Bonchev–Trinajstić information content (AvgIpc) is 2.84. The van der Waals surface area contributed by atoms with Gasteiger partial charge in [0.05, 0.1) is 18.8 Å². The minimum absolute atomic E-state index is 0.152. The number of hydrogen-bond acceptors (Lipinski definition) is 6. The van der Waals surface area contributed by atoms with Crippen molar-refractivity contribution in [1.82, 2.24) is 9.62 Å². The lowest BCUT2D eigenvalue weighted by molar-refractivity contribution is -0.171. The highest BCUT2D eigenvalue weighted by molar-refractivity contribution is 7.90. The molecule has 0 spiro atoms. The van der Waals surface area contributed by atoms with Gasteiger partial charge in [0.15, 0.2) is 5.54 Å². The van der Waals surface area contributed by atoms with Crippen LogP contribution in [-0.4, -0.2) is 74.4 Å². The zero-order valence-electron chi connectivity index (χ0n) is 24.2. The highest BCUT2D eigenvalue weighted by Gasteiger charge is 2.66. The van der Waals surface area contributed by atoms with Crippen LogP contribution in [0.15, 0.2) is 30.3 Å². The number of amides is 1. The van der Waals surface area contributed by atoms with Crippen molar-refractivity contribution in [2.24, 2.45) is 0 Å². The SMILES string of the molecule is CC(C)(C)OC(=O)N1CCC(F)(F)C(CCO)(N[S@@+]([O-])C(C)(C)C)C1COC1CCC(c2ccccc2)CC1. The molecule has 1 amide bonds. The van der Waals surface area contributed by atoms with Gasteiger partial charge in [-0.1, -0.05) is 30.3 Å². The van der Waals surface area contributed by atoms with Crippen molar-refractivity contribution in [3.8, 4) is 0 Å². The molecule has 1 aromatic carbocycles. The lowest BCUT2D eigenvalue weighted by Gasteiger charge is -2.53. The van der Waals surface area contributed by atoms with Gasteiger partial charge in [0.1, 0.15) is 10.3 Å². The first-order valence-electron chi connectivity index (χ1n) is 13.9. The normalized spacial score (nSPS) is 28.7. The van der Waals surface area contributed by atoms with E-state index in [0.29, 0.717) is 5.92 Å². The molecule has 1 aliphatic carbocycles. The van der Waals surface area contributed by atoms with Crippen molar-refractivity contribution in [3.63, 3.8) is 0 Å². The molecule has 0 bridgehead atoms. The molecule has 3 rings (SSSR count). The monoisotopic (exact) mass is 572 g/mol. The second-order valence-electron chi connectivity index (χ2n) is 12.8. The van der Waals surface area contributed by atoms with E-state index in [2.05, 4.69) is 16.9 Å². The minimum Gasteiger partial charge on any atom is -0.598 e. The van der Waals surface area contributed by atoms with E-state index < -0.39 is 64.8 Å². The fourth-order valence-corrected chi connectivity index (χ4v) is 6.50. The first-order valence-corrected chi connectivity index (χ1v) is 15.1. The van der Waals surface area contributed by atoms with E-state index in [1.54, 1.807) is 41.5 Å². The fraction of sp³-hybridized carbons (Fsp3) is 0.759. The predicted molar refractivity (Wildman–Crippen MR) is 149 cm³/mol. The third-order valence-corrected chi connectivity index (χ3v) is 9.33. The van der Waals surface area contributed by atoms with Crippen LogP contribution in [0.2, 0.25) is 0 Å². The second kappa shape index (κ2) is 12.6. The van der Waals surface area contributed by atoms with Gasteiger partial charge < -0.3 is 24.0 Å². The Bertz CT molecular complexity index is 932. The van der Waals surface area contributed by atoms with Crippen LogP contribution in [0.1, 0.15) is 91.5 Å². The molecule has 222 valence electrons. The number of piperidine rings is 1. The van der Waals surface area contributed by atoms with E-state index in [0.717, 1.165) is 25.7 Å². The maximum Gasteiger partial charge on any atom is 0.410 e. The lowest BCUT2D eigenvalue weighted by atomic mass is 9.76. The van der Waals surface area contributed by atoms with Gasteiger partial charge in [0.25, 0.3) is 5.92 Å². The molecule has 1 aromatic rings. The molecule has 1 saturated heterocycles. The molecule has 0 radical (unpaired) electrons. The number of carbonyl (C=O) groups excluding carboxylic acids is 1. The number of aliphatic hydroxyl groups is 1. The molecule has 1 saturated carbocycles. The highest BCUT2D eigenvalue weighted by atomic mass is 32.2. The second-order valence-corrected chi connectivity index (χ2v) is 14.8. The summed E-state index contributed by atoms with van der Waals surface area (Å²) in [6, 6.07) is 9.09. The van der Waals surface area contributed by atoms with Crippen molar-refractivity contribution in [2.45, 2.75) is 120 Å². The molecule has 1 aliphatic heterocycles. The molecule has 3 atom stereocenters. The van der Waals surface area contributed by atoms with Gasteiger partial charge in [-0.15, -0.1) is 4.72 Å². The van der Waals surface area contributed by atoms with Crippen LogP contribution in [0.5, 0.6) is 0 Å². The molecule has 2 aliphatic rings. The van der Waals surface area contributed by atoms with Crippen molar-refractivity contribution in [1.29, 1.82) is 0 Å². The van der Waals surface area contributed by atoms with E-state index in [4.69, 9.17) is 9.47 Å². The molecule has 2 N–H and O–H groups in total. The van der Waals surface area contributed by atoms with Crippen LogP contribution in [0.4, 0.5) is 13.6 Å². The van der Waals surface area contributed by atoms with Gasteiger partial charge >= 0.3 is 6.09 Å². The first-order chi connectivity index (χ1) is 18.1. The van der Waals surface area contributed by atoms with Gasteiger partial charge in [-0.25, -0.2) is 13.6 Å². The summed E-state index contributed by atoms with van der Waals surface area (Å²) in [5.74, 6) is -2.94. The van der Waals surface area contributed by atoms with Crippen molar-refractivity contribution >= 4 is 17.5 Å². The van der Waals surface area contributed by atoms with Crippen LogP contribution < -0.4 is 4.72 Å². The number of alkyl halides is 2. The average molecular weight is 573 g/mol. The Morgan fingerprint density at radius 1 is 1.13 bits per heavy atom. The summed E-state index contributed by atoms with van der Waals surface area (Å²) in [7, 11) is 0. The summed E-state index contributed by atoms with van der Waals surface area (Å²) in [4.78, 5) is 14.6. The zero-order chi connectivity index (χ0) is 29.1. The minimum atomic E-state index is -3.37. The van der Waals surface area contributed by atoms with E-state index in [1.165, 1.54) is 10.5 Å². The number of hydrogen-bond donors (Lipinski definition) is 2. The molecule has 0 aromatic heterocycles. The summed E-state index contributed by atoms with van der Waals surface area (Å²) in [6.45, 7) is 9.20. The topological polar surface area (TPSA) is 94.1 Å². The third kappa shape index (κ3) is 7.85. The first kappa shape index (κ1) is 32.1. The number of ether oxygens (including phenoxy) is 2. The number of likely N-dealkylation sites (tertiary alicyclic amines) is 1. The zero-order valence-corrected chi connectivity index (χ0v) is 25.0. The smallest absolute Gasteiger partial charge is 0.410 e. The Hall–Kier alpha value is -1.46. The maximum atomic E-state index is 15.9. The van der Waals surface area contributed by atoms with Gasteiger partial charge in [-0.2, -0.15) is 0 Å². The molecular formula is C29H46F2N2O5S. The Morgan fingerprint density at radius 2 is 1.74 bits per heavy atom. The number of benzene rings is 1. The summed E-state index contributed by atoms with van der Waals surface area (Å²) in [5, 5.41) is 9.97. The molecule has 1 heterocycles. The lowest BCUT2D eigenvalue weighted by Crippen LogP contribution is -2.77. The molecule has 10 heteroatoms. The van der Waals surface area contributed by atoms with Crippen molar-refractivity contribution in [2.75, 3.05) is 19.8 Å². The summed E-state index contributed by atoms with van der Waals surface area (Å²) < 4.78 is 58.9. The number of nitrogens with one attached hydrogen (secondary N) is 1. The molecule has 2 fully saturated rings. The van der Waals surface area contributed by atoms with E-state index in [9.17, 15) is 14.5 Å². The number of aliphatic hydroxyl groups excluding tert-OH is 1. The summed E-state index contributed by atoms with van der Waals surface area (Å²) >= 11 is -1.90. The fourth-order valence-electron chi connectivity index (χ4n) is 5.47. The molecular weight excluding hydrogens is 526 g/mol. The molecule has 7 nitrogen and oxygen atoms in total. The van der Waals surface area contributed by atoms with E-state index in [1.807, 2.05) is 18.2 Å². The largest absolute Gasteiger partial charge is 0.598 e. The van der Waals surface area contributed by atoms with Crippen LogP contribution in [-0.2, 0) is 20.8 Å². The van der Waals surface area contributed by atoms with E-state index in [-0.39, 0.29) is 19.3 Å².